The van der Waals surface area contributed by atoms with E-state index in [2.05, 4.69) is 0 Å². The van der Waals surface area contributed by atoms with E-state index < -0.39 is 0 Å². The van der Waals surface area contributed by atoms with Gasteiger partial charge in [-0.3, -0.25) is 4.79 Å². The summed E-state index contributed by atoms with van der Waals surface area (Å²) < 4.78 is 5.42. The van der Waals surface area contributed by atoms with Gasteiger partial charge in [-0.05, 0) is 30.5 Å². The molecule has 4 nitrogen and oxygen atoms in total. The first-order chi connectivity index (χ1) is 9.04. The number of carbonyl (C=O) groups is 1. The van der Waals surface area contributed by atoms with Crippen molar-refractivity contribution < 1.29 is 9.53 Å². The van der Waals surface area contributed by atoms with E-state index in [9.17, 15) is 4.79 Å². The zero-order valence-electron chi connectivity index (χ0n) is 11.1. The first-order valence-electron chi connectivity index (χ1n) is 5.80. The Bertz CT molecular complexity index is 435. The van der Waals surface area contributed by atoms with E-state index in [1.165, 1.54) is 0 Å². The quantitative estimate of drug-likeness (QED) is 0.774. The maximum Gasteiger partial charge on any atom is 0.260 e. The van der Waals surface area contributed by atoms with Gasteiger partial charge in [0.25, 0.3) is 5.91 Å². The van der Waals surface area contributed by atoms with E-state index in [0.29, 0.717) is 10.7 Å². The monoisotopic (exact) mass is 298 g/mol. The molecule has 0 aliphatic rings. The van der Waals surface area contributed by atoms with Crippen LogP contribution in [-0.4, -0.2) is 48.0 Å². The molecule has 0 fully saturated rings. The molecule has 6 heteroatoms. The Morgan fingerprint density at radius 1 is 1.42 bits per heavy atom. The molecule has 2 N–H and O–H groups in total. The topological polar surface area (TPSA) is 55.6 Å². The average molecular weight is 298 g/mol. The third-order valence-electron chi connectivity index (χ3n) is 2.56. The highest BCUT2D eigenvalue weighted by molar-refractivity contribution is 7.98. The van der Waals surface area contributed by atoms with Crippen molar-refractivity contribution in [3.63, 3.8) is 0 Å². The molecule has 1 rings (SSSR count). The van der Waals surface area contributed by atoms with Crippen LogP contribution >= 0.6 is 24.0 Å². The van der Waals surface area contributed by atoms with Crippen molar-refractivity contribution in [3.8, 4) is 5.75 Å². The second kappa shape index (κ2) is 8.01. The fraction of sp³-hybridized carbons (Fsp3) is 0.385. The summed E-state index contributed by atoms with van der Waals surface area (Å²) in [4.78, 5) is 13.8. The highest BCUT2D eigenvalue weighted by atomic mass is 32.2. The molecule has 0 heterocycles. The Morgan fingerprint density at radius 3 is 2.58 bits per heavy atom. The molecule has 0 saturated heterocycles. The predicted molar refractivity (Wildman–Crippen MR) is 83.8 cm³/mol. The first kappa shape index (κ1) is 15.8. The van der Waals surface area contributed by atoms with Crippen LogP contribution in [0.2, 0.25) is 0 Å². The Morgan fingerprint density at radius 2 is 2.05 bits per heavy atom. The number of thioether (sulfide) groups is 1. The van der Waals surface area contributed by atoms with Crippen LogP contribution in [0.25, 0.3) is 0 Å². The molecule has 0 unspecified atom stereocenters. The van der Waals surface area contributed by atoms with Crippen molar-refractivity contribution in [3.05, 3.63) is 29.8 Å². The number of likely N-dealkylation sites (N-methyl/N-ethyl adjacent to an activating group) is 1. The first-order valence-corrected chi connectivity index (χ1v) is 7.60. The van der Waals surface area contributed by atoms with Crippen molar-refractivity contribution in [1.29, 1.82) is 0 Å². The number of thiocarbonyl (C=S) groups is 1. The highest BCUT2D eigenvalue weighted by Gasteiger charge is 2.09. The summed E-state index contributed by atoms with van der Waals surface area (Å²) in [5, 5.41) is 0. The van der Waals surface area contributed by atoms with Gasteiger partial charge in [0.1, 0.15) is 10.7 Å². The summed E-state index contributed by atoms with van der Waals surface area (Å²) >= 11 is 6.57. The molecule has 104 valence electrons. The molecule has 0 radical (unpaired) electrons. The summed E-state index contributed by atoms with van der Waals surface area (Å²) in [6.45, 7) is 0.765. The second-order valence-electron chi connectivity index (χ2n) is 3.99. The van der Waals surface area contributed by atoms with E-state index in [0.717, 1.165) is 17.9 Å². The Labute approximate surface area is 123 Å². The van der Waals surface area contributed by atoms with Gasteiger partial charge in [-0.15, -0.1) is 0 Å². The zero-order chi connectivity index (χ0) is 14.3. The number of nitrogens with zero attached hydrogens (tertiary/aromatic N) is 1. The summed E-state index contributed by atoms with van der Waals surface area (Å²) in [6, 6.07) is 7.06. The average Bonchev–Trinajstić information content (AvgIpc) is 2.42. The summed E-state index contributed by atoms with van der Waals surface area (Å²) in [7, 11) is 1.78. The predicted octanol–water partition coefficient (Wildman–Crippen LogP) is 1.52. The number of benzene rings is 1. The van der Waals surface area contributed by atoms with Crippen LogP contribution in [-0.2, 0) is 4.79 Å². The van der Waals surface area contributed by atoms with Crippen molar-refractivity contribution in [2.24, 2.45) is 5.73 Å². The van der Waals surface area contributed by atoms with E-state index in [1.54, 1.807) is 48.0 Å². The molecule has 19 heavy (non-hydrogen) atoms. The van der Waals surface area contributed by atoms with Crippen LogP contribution in [0.4, 0.5) is 0 Å². The van der Waals surface area contributed by atoms with Gasteiger partial charge in [-0.2, -0.15) is 11.8 Å². The van der Waals surface area contributed by atoms with Crippen molar-refractivity contribution in [2.45, 2.75) is 0 Å². The van der Waals surface area contributed by atoms with Gasteiger partial charge in [-0.1, -0.05) is 12.2 Å². The molecule has 1 amide bonds. The van der Waals surface area contributed by atoms with Gasteiger partial charge >= 0.3 is 0 Å². The molecule has 0 aliphatic carbocycles. The Kier molecular flexibility index (Phi) is 6.66. The summed E-state index contributed by atoms with van der Waals surface area (Å²) in [5.74, 6) is 1.52. The largest absolute Gasteiger partial charge is 0.484 e. The maximum atomic E-state index is 11.7. The number of amides is 1. The third-order valence-corrected chi connectivity index (χ3v) is 3.38. The minimum atomic E-state index is -0.0347. The summed E-state index contributed by atoms with van der Waals surface area (Å²) in [6.07, 6.45) is 2.01. The molecule has 1 aromatic rings. The molecule has 1 aromatic carbocycles. The number of rotatable bonds is 7. The van der Waals surface area contributed by atoms with E-state index in [4.69, 9.17) is 22.7 Å². The number of ether oxygens (including phenoxy) is 1. The Hall–Kier alpha value is -1.27. The lowest BCUT2D eigenvalue weighted by molar-refractivity contribution is -0.131. The molecule has 0 atom stereocenters. The van der Waals surface area contributed by atoms with Gasteiger partial charge in [-0.25, -0.2) is 0 Å². The minimum Gasteiger partial charge on any atom is -0.484 e. The third kappa shape index (κ3) is 5.48. The summed E-state index contributed by atoms with van der Waals surface area (Å²) in [5.41, 5.74) is 6.28. The van der Waals surface area contributed by atoms with Crippen molar-refractivity contribution in [1.82, 2.24) is 4.90 Å². The van der Waals surface area contributed by atoms with Gasteiger partial charge in [0, 0.05) is 24.9 Å². The standard InChI is InChI=1S/C13H18N2O2S2/c1-15(7-8-19-2)12(16)9-17-11-5-3-10(4-6-11)13(14)18/h3-6H,7-9H2,1-2H3,(H2,14,18). The molecular formula is C13H18N2O2S2. The highest BCUT2D eigenvalue weighted by Crippen LogP contribution is 2.12. The SMILES string of the molecule is CSCCN(C)C(=O)COc1ccc(C(N)=S)cc1. The number of carbonyl (C=O) groups excluding carboxylic acids is 1. The minimum absolute atomic E-state index is 0.0347. The van der Waals surface area contributed by atoms with Gasteiger partial charge < -0.3 is 15.4 Å². The number of nitrogens with two attached hydrogens (primary N) is 1. The molecule has 0 aromatic heterocycles. The second-order valence-corrected chi connectivity index (χ2v) is 5.41. The molecule has 0 spiro atoms. The van der Waals surface area contributed by atoms with Crippen molar-refractivity contribution in [2.75, 3.05) is 32.2 Å². The Balaban J connectivity index is 2.43. The van der Waals surface area contributed by atoms with Gasteiger partial charge in [0.2, 0.25) is 0 Å². The van der Waals surface area contributed by atoms with Crippen LogP contribution in [0, 0.1) is 0 Å². The van der Waals surface area contributed by atoms with Crippen LogP contribution in [0.5, 0.6) is 5.75 Å². The number of hydrogen-bond acceptors (Lipinski definition) is 4. The van der Waals surface area contributed by atoms with Gasteiger partial charge in [0.05, 0.1) is 0 Å². The number of hydrogen-bond donors (Lipinski definition) is 1. The lowest BCUT2D eigenvalue weighted by atomic mass is 10.2. The fourth-order valence-electron chi connectivity index (χ4n) is 1.32. The smallest absolute Gasteiger partial charge is 0.260 e. The van der Waals surface area contributed by atoms with Crippen LogP contribution < -0.4 is 10.5 Å². The molecule has 0 bridgehead atoms. The van der Waals surface area contributed by atoms with E-state index >= 15 is 0 Å². The van der Waals surface area contributed by atoms with Crippen molar-refractivity contribution >= 4 is 34.9 Å². The fourth-order valence-corrected chi connectivity index (χ4v) is 1.92. The molecular weight excluding hydrogens is 280 g/mol. The lowest BCUT2D eigenvalue weighted by Crippen LogP contribution is -2.33. The normalized spacial score (nSPS) is 10.0. The lowest BCUT2D eigenvalue weighted by Gasteiger charge is -2.16. The molecule has 0 aliphatic heterocycles. The van der Waals surface area contributed by atoms with Gasteiger partial charge in [0.15, 0.2) is 6.61 Å². The maximum absolute atomic E-state index is 11.7. The van der Waals surface area contributed by atoms with Crippen LogP contribution in [0.15, 0.2) is 24.3 Å². The van der Waals surface area contributed by atoms with E-state index in [-0.39, 0.29) is 12.5 Å². The van der Waals surface area contributed by atoms with E-state index in [1.807, 2.05) is 6.26 Å². The van der Waals surface area contributed by atoms with Crippen LogP contribution in [0.3, 0.4) is 0 Å². The zero-order valence-corrected chi connectivity index (χ0v) is 12.7. The molecule has 0 saturated carbocycles. The van der Waals surface area contributed by atoms with Crippen LogP contribution in [0.1, 0.15) is 5.56 Å².